The summed E-state index contributed by atoms with van der Waals surface area (Å²) in [7, 11) is 1.95. The molecular weight excluding hydrogens is 428 g/mol. The Kier molecular flexibility index (Phi) is 5.36. The van der Waals surface area contributed by atoms with Crippen LogP contribution in [0, 0.1) is 13.8 Å². The van der Waals surface area contributed by atoms with Gasteiger partial charge in [0.1, 0.15) is 18.1 Å². The van der Waals surface area contributed by atoms with Crippen molar-refractivity contribution in [3.8, 4) is 5.75 Å². The Hall–Kier alpha value is -4.06. The van der Waals surface area contributed by atoms with E-state index >= 15 is 0 Å². The number of aliphatic hydroxyl groups is 1. The Balaban J connectivity index is 1.72. The van der Waals surface area contributed by atoms with Gasteiger partial charge < -0.3 is 14.7 Å². The number of amides is 1. The van der Waals surface area contributed by atoms with Crippen molar-refractivity contribution >= 4 is 28.8 Å². The minimum Gasteiger partial charge on any atom is -0.507 e. The molecule has 2 aliphatic heterocycles. The van der Waals surface area contributed by atoms with Crippen LogP contribution in [0.2, 0.25) is 0 Å². The summed E-state index contributed by atoms with van der Waals surface area (Å²) in [5.41, 5.74) is 4.65. The largest absolute Gasteiger partial charge is 0.507 e. The van der Waals surface area contributed by atoms with Crippen molar-refractivity contribution in [2.24, 2.45) is 0 Å². The molecule has 6 heteroatoms. The summed E-state index contributed by atoms with van der Waals surface area (Å²) in [6.45, 7) is 5.17. The van der Waals surface area contributed by atoms with E-state index < -0.39 is 17.7 Å². The number of nitrogens with zero attached hydrogens (tertiary/aromatic N) is 2. The molecule has 2 aliphatic rings. The molecule has 0 bridgehead atoms. The molecule has 172 valence electrons. The van der Waals surface area contributed by atoms with Crippen molar-refractivity contribution in [2.45, 2.75) is 19.9 Å². The second-order valence-electron chi connectivity index (χ2n) is 8.82. The molecule has 5 rings (SSSR count). The average molecular weight is 455 g/mol. The number of anilines is 2. The summed E-state index contributed by atoms with van der Waals surface area (Å²) in [4.78, 5) is 30.3. The summed E-state index contributed by atoms with van der Waals surface area (Å²) >= 11 is 0. The van der Waals surface area contributed by atoms with Gasteiger partial charge in [0, 0.05) is 18.3 Å². The van der Waals surface area contributed by atoms with Crippen molar-refractivity contribution in [1.82, 2.24) is 0 Å². The first kappa shape index (κ1) is 21.8. The number of rotatable bonds is 3. The minimum absolute atomic E-state index is 0.0800. The predicted molar refractivity (Wildman–Crippen MR) is 132 cm³/mol. The van der Waals surface area contributed by atoms with Crippen LogP contribution in [0.4, 0.5) is 11.4 Å². The van der Waals surface area contributed by atoms with Gasteiger partial charge in [-0.05, 0) is 54.8 Å². The first-order valence-electron chi connectivity index (χ1n) is 11.3. The number of hydrogen-bond acceptors (Lipinski definition) is 5. The van der Waals surface area contributed by atoms with E-state index in [1.165, 1.54) is 4.90 Å². The van der Waals surface area contributed by atoms with Crippen LogP contribution in [-0.2, 0) is 9.59 Å². The Morgan fingerprint density at radius 3 is 2.50 bits per heavy atom. The van der Waals surface area contributed by atoms with Crippen LogP contribution >= 0.6 is 0 Å². The molecule has 1 fully saturated rings. The molecular formula is C28H26N2O4. The number of ketones is 1. The Labute approximate surface area is 198 Å². The molecule has 1 saturated heterocycles. The zero-order valence-corrected chi connectivity index (χ0v) is 19.4. The summed E-state index contributed by atoms with van der Waals surface area (Å²) in [5, 5.41) is 11.4. The smallest absolute Gasteiger partial charge is 0.300 e. The van der Waals surface area contributed by atoms with E-state index in [1.54, 1.807) is 18.2 Å². The van der Waals surface area contributed by atoms with Crippen LogP contribution in [0.5, 0.6) is 5.75 Å². The van der Waals surface area contributed by atoms with Crippen molar-refractivity contribution in [1.29, 1.82) is 0 Å². The number of benzene rings is 3. The fraction of sp³-hybridized carbons (Fsp3) is 0.214. The van der Waals surface area contributed by atoms with Crippen LogP contribution in [-0.4, -0.2) is 37.0 Å². The SMILES string of the molecule is Cc1ccc(C)c(N2C(=O)C(=O)/C(=C(\O)c3ccc4c(c3)N(C)CCO4)C2c2ccccc2)c1. The number of aryl methyl sites for hydroxylation is 2. The van der Waals surface area contributed by atoms with E-state index in [0.717, 1.165) is 34.7 Å². The van der Waals surface area contributed by atoms with Gasteiger partial charge >= 0.3 is 0 Å². The lowest BCUT2D eigenvalue weighted by molar-refractivity contribution is -0.132. The van der Waals surface area contributed by atoms with Crippen LogP contribution in [0.1, 0.15) is 28.3 Å². The number of carbonyl (C=O) groups is 2. The number of carbonyl (C=O) groups excluding carboxylic acids is 2. The van der Waals surface area contributed by atoms with Gasteiger partial charge in [-0.15, -0.1) is 0 Å². The Morgan fingerprint density at radius 2 is 1.74 bits per heavy atom. The van der Waals surface area contributed by atoms with Crippen molar-refractivity contribution in [2.75, 3.05) is 30.0 Å². The predicted octanol–water partition coefficient (Wildman–Crippen LogP) is 4.76. The molecule has 2 heterocycles. The fourth-order valence-electron chi connectivity index (χ4n) is 4.66. The molecule has 1 atom stereocenters. The van der Waals surface area contributed by atoms with E-state index in [2.05, 4.69) is 0 Å². The third kappa shape index (κ3) is 3.52. The number of fused-ring (bicyclic) bond motifs is 1. The number of likely N-dealkylation sites (N-methyl/N-ethyl adjacent to an activating group) is 1. The molecule has 1 N–H and O–H groups in total. The number of hydrogen-bond donors (Lipinski definition) is 1. The van der Waals surface area contributed by atoms with E-state index in [1.807, 2.05) is 74.3 Å². The molecule has 1 unspecified atom stereocenters. The van der Waals surface area contributed by atoms with Crippen LogP contribution < -0.4 is 14.5 Å². The van der Waals surface area contributed by atoms with Crippen LogP contribution in [0.15, 0.2) is 72.3 Å². The second-order valence-corrected chi connectivity index (χ2v) is 8.82. The van der Waals surface area contributed by atoms with Gasteiger partial charge in [-0.3, -0.25) is 14.5 Å². The standard InChI is InChI=1S/C28H26N2O4/c1-17-9-10-18(2)21(15-17)30-25(19-7-5-4-6-8-19)24(27(32)28(30)33)26(31)20-11-12-23-22(16-20)29(3)13-14-34-23/h4-12,15-16,25,31H,13-14H2,1-3H3/b26-24-. The molecule has 0 aliphatic carbocycles. The van der Waals surface area contributed by atoms with Crippen LogP contribution in [0.3, 0.4) is 0 Å². The van der Waals surface area contributed by atoms with E-state index in [0.29, 0.717) is 17.9 Å². The molecule has 1 amide bonds. The van der Waals surface area contributed by atoms with E-state index in [9.17, 15) is 14.7 Å². The molecule has 0 radical (unpaired) electrons. The molecule has 0 aromatic heterocycles. The van der Waals surface area contributed by atoms with Gasteiger partial charge in [0.25, 0.3) is 11.7 Å². The highest BCUT2D eigenvalue weighted by Gasteiger charge is 2.47. The van der Waals surface area contributed by atoms with Crippen molar-refractivity contribution in [3.63, 3.8) is 0 Å². The van der Waals surface area contributed by atoms with E-state index in [-0.39, 0.29) is 11.3 Å². The maximum absolute atomic E-state index is 13.4. The quantitative estimate of drug-likeness (QED) is 0.351. The van der Waals surface area contributed by atoms with Crippen molar-refractivity contribution in [3.05, 3.63) is 94.6 Å². The van der Waals surface area contributed by atoms with E-state index in [4.69, 9.17) is 4.74 Å². The molecule has 0 saturated carbocycles. The lowest BCUT2D eigenvalue weighted by Crippen LogP contribution is -2.30. The lowest BCUT2D eigenvalue weighted by Gasteiger charge is -2.28. The first-order chi connectivity index (χ1) is 16.4. The summed E-state index contributed by atoms with van der Waals surface area (Å²) < 4.78 is 5.71. The summed E-state index contributed by atoms with van der Waals surface area (Å²) in [5.74, 6) is -0.820. The van der Waals surface area contributed by atoms with Gasteiger partial charge in [0.15, 0.2) is 0 Å². The van der Waals surface area contributed by atoms with Crippen molar-refractivity contribution < 1.29 is 19.4 Å². The van der Waals surface area contributed by atoms with Gasteiger partial charge in [0.05, 0.1) is 23.8 Å². The Bertz CT molecular complexity index is 1330. The third-order valence-electron chi connectivity index (χ3n) is 6.51. The first-order valence-corrected chi connectivity index (χ1v) is 11.3. The number of aliphatic hydroxyl groups excluding tert-OH is 1. The number of Topliss-reactive ketones (excluding diaryl/α,β-unsaturated/α-hetero) is 1. The molecule has 3 aromatic carbocycles. The summed E-state index contributed by atoms with van der Waals surface area (Å²) in [6, 6.07) is 19.7. The molecule has 6 nitrogen and oxygen atoms in total. The highest BCUT2D eigenvalue weighted by atomic mass is 16.5. The normalized spacial score (nSPS) is 19.2. The molecule has 34 heavy (non-hydrogen) atoms. The van der Waals surface area contributed by atoms with Gasteiger partial charge in [-0.1, -0.05) is 42.5 Å². The van der Waals surface area contributed by atoms with Crippen LogP contribution in [0.25, 0.3) is 5.76 Å². The summed E-state index contributed by atoms with van der Waals surface area (Å²) in [6.07, 6.45) is 0. The maximum Gasteiger partial charge on any atom is 0.300 e. The van der Waals surface area contributed by atoms with Gasteiger partial charge in [-0.25, -0.2) is 0 Å². The number of ether oxygens (including phenoxy) is 1. The average Bonchev–Trinajstić information content (AvgIpc) is 3.11. The second kappa shape index (κ2) is 8.37. The zero-order chi connectivity index (χ0) is 24.0. The van der Waals surface area contributed by atoms with Gasteiger partial charge in [0.2, 0.25) is 0 Å². The zero-order valence-electron chi connectivity index (χ0n) is 19.4. The highest BCUT2D eigenvalue weighted by molar-refractivity contribution is 6.51. The topological polar surface area (TPSA) is 70.1 Å². The Morgan fingerprint density at radius 1 is 0.971 bits per heavy atom. The molecule has 3 aromatic rings. The monoisotopic (exact) mass is 454 g/mol. The highest BCUT2D eigenvalue weighted by Crippen LogP contribution is 2.44. The minimum atomic E-state index is -0.744. The third-order valence-corrected chi connectivity index (χ3v) is 6.51. The van der Waals surface area contributed by atoms with Gasteiger partial charge in [-0.2, -0.15) is 0 Å². The maximum atomic E-state index is 13.4. The lowest BCUT2D eigenvalue weighted by atomic mass is 9.94. The molecule has 0 spiro atoms. The fourth-order valence-corrected chi connectivity index (χ4v) is 4.66.